The second-order valence-corrected chi connectivity index (χ2v) is 12.3. The van der Waals surface area contributed by atoms with Gasteiger partial charge in [0.25, 0.3) is 15.9 Å². The molecule has 1 amide bonds. The molecule has 1 aliphatic rings. The third-order valence-electron chi connectivity index (χ3n) is 6.06. The number of piperidine rings is 1. The Hall–Kier alpha value is -1.85. The molecule has 0 aliphatic carbocycles. The van der Waals surface area contributed by atoms with Gasteiger partial charge in [-0.2, -0.15) is 9.30 Å². The Bertz CT molecular complexity index is 1300. The van der Waals surface area contributed by atoms with Crippen molar-refractivity contribution in [3.63, 3.8) is 0 Å². The number of hydrogen-bond acceptors (Lipinski definition) is 6. The van der Waals surface area contributed by atoms with Crippen LogP contribution in [0.4, 0.5) is 0 Å². The molecule has 0 saturated carbocycles. The van der Waals surface area contributed by atoms with Gasteiger partial charge in [0.05, 0.1) is 16.8 Å². The SMILES string of the molecule is CCOCCn1c(=NC(=O)C2CCN(S(=O)(=O)c3cccs3)CC2)sc2cc(C)c(C)cc21. The fourth-order valence-electron chi connectivity index (χ4n) is 3.99. The molecule has 4 rings (SSSR count). The van der Waals surface area contributed by atoms with Gasteiger partial charge in [-0.1, -0.05) is 17.4 Å². The van der Waals surface area contributed by atoms with Gasteiger partial charge in [-0.05, 0) is 68.3 Å². The Kier molecular flexibility index (Phi) is 7.49. The number of fused-ring (bicyclic) bond motifs is 1. The van der Waals surface area contributed by atoms with Crippen LogP contribution in [-0.4, -0.2) is 49.5 Å². The van der Waals surface area contributed by atoms with E-state index in [0.29, 0.717) is 54.7 Å². The van der Waals surface area contributed by atoms with E-state index in [1.54, 1.807) is 17.5 Å². The van der Waals surface area contributed by atoms with Crippen molar-refractivity contribution < 1.29 is 17.9 Å². The second-order valence-electron chi connectivity index (χ2n) is 8.20. The molecule has 178 valence electrons. The number of benzene rings is 1. The molecule has 1 saturated heterocycles. The summed E-state index contributed by atoms with van der Waals surface area (Å²) in [5.74, 6) is -0.442. The molecular weight excluding hydrogens is 478 g/mol. The second kappa shape index (κ2) is 10.2. The lowest BCUT2D eigenvalue weighted by molar-refractivity contribution is -0.122. The fraction of sp³-hybridized carbons (Fsp3) is 0.478. The number of aryl methyl sites for hydroxylation is 2. The lowest BCUT2D eigenvalue weighted by Gasteiger charge is -2.29. The van der Waals surface area contributed by atoms with Gasteiger partial charge in [-0.3, -0.25) is 4.79 Å². The Labute approximate surface area is 202 Å². The molecule has 2 aromatic heterocycles. The number of rotatable bonds is 7. The van der Waals surface area contributed by atoms with Crippen molar-refractivity contribution in [2.45, 2.75) is 44.4 Å². The van der Waals surface area contributed by atoms with Crippen LogP contribution in [0.25, 0.3) is 10.2 Å². The summed E-state index contributed by atoms with van der Waals surface area (Å²) < 4.78 is 36.1. The first-order valence-corrected chi connectivity index (χ1v) is 14.3. The zero-order valence-corrected chi connectivity index (χ0v) is 21.6. The van der Waals surface area contributed by atoms with Crippen LogP contribution in [0.3, 0.4) is 0 Å². The van der Waals surface area contributed by atoms with Crippen LogP contribution in [0.1, 0.15) is 30.9 Å². The van der Waals surface area contributed by atoms with Crippen molar-refractivity contribution in [3.05, 3.63) is 45.6 Å². The third kappa shape index (κ3) is 5.14. The number of nitrogens with zero attached hydrogens (tertiary/aromatic N) is 3. The van der Waals surface area contributed by atoms with Gasteiger partial charge in [0, 0.05) is 32.2 Å². The Morgan fingerprint density at radius 3 is 2.61 bits per heavy atom. The van der Waals surface area contributed by atoms with Crippen molar-refractivity contribution >= 4 is 48.8 Å². The summed E-state index contributed by atoms with van der Waals surface area (Å²) in [6.45, 7) is 8.61. The summed E-state index contributed by atoms with van der Waals surface area (Å²) in [6, 6.07) is 7.65. The first kappa shape index (κ1) is 24.3. The van der Waals surface area contributed by atoms with Crippen LogP contribution in [-0.2, 0) is 26.1 Å². The van der Waals surface area contributed by atoms with Crippen molar-refractivity contribution in [1.29, 1.82) is 0 Å². The number of aromatic nitrogens is 1. The van der Waals surface area contributed by atoms with E-state index in [-0.39, 0.29) is 11.8 Å². The number of carbonyl (C=O) groups excluding carboxylic acids is 1. The van der Waals surface area contributed by atoms with Crippen molar-refractivity contribution in [2.24, 2.45) is 10.9 Å². The van der Waals surface area contributed by atoms with Crippen molar-refractivity contribution in [2.75, 3.05) is 26.3 Å². The summed E-state index contributed by atoms with van der Waals surface area (Å²) in [6.07, 6.45) is 0.962. The molecule has 7 nitrogen and oxygen atoms in total. The predicted molar refractivity (Wildman–Crippen MR) is 132 cm³/mol. The number of sulfonamides is 1. The zero-order valence-electron chi connectivity index (χ0n) is 19.1. The predicted octanol–water partition coefficient (Wildman–Crippen LogP) is 3.95. The summed E-state index contributed by atoms with van der Waals surface area (Å²) in [4.78, 5) is 18.3. The van der Waals surface area contributed by atoms with Crippen LogP contribution in [0, 0.1) is 19.8 Å². The molecule has 0 N–H and O–H groups in total. The lowest BCUT2D eigenvalue weighted by atomic mass is 9.98. The third-order valence-corrected chi connectivity index (χ3v) is 10.4. The Morgan fingerprint density at radius 2 is 1.94 bits per heavy atom. The molecule has 3 heterocycles. The molecular formula is C23H29N3O4S3. The summed E-state index contributed by atoms with van der Waals surface area (Å²) in [5.41, 5.74) is 3.46. The molecule has 1 fully saturated rings. The fourth-order valence-corrected chi connectivity index (χ4v) is 7.75. The highest BCUT2D eigenvalue weighted by atomic mass is 32.2. The van der Waals surface area contributed by atoms with Gasteiger partial charge in [-0.15, -0.1) is 11.3 Å². The average Bonchev–Trinajstić information content (AvgIpc) is 3.44. The van der Waals surface area contributed by atoms with Crippen LogP contribution < -0.4 is 4.80 Å². The van der Waals surface area contributed by atoms with E-state index in [0.717, 1.165) is 10.2 Å². The van der Waals surface area contributed by atoms with Gasteiger partial charge in [0.1, 0.15) is 4.21 Å². The highest BCUT2D eigenvalue weighted by molar-refractivity contribution is 7.91. The molecule has 0 bridgehead atoms. The van der Waals surface area contributed by atoms with E-state index in [4.69, 9.17) is 4.74 Å². The molecule has 0 spiro atoms. The summed E-state index contributed by atoms with van der Waals surface area (Å²) in [5, 5.41) is 1.76. The normalized spacial score (nSPS) is 16.6. The van der Waals surface area contributed by atoms with E-state index in [1.807, 2.05) is 6.92 Å². The van der Waals surface area contributed by atoms with Gasteiger partial charge in [-0.25, -0.2) is 8.42 Å². The van der Waals surface area contributed by atoms with E-state index >= 15 is 0 Å². The molecule has 1 aromatic carbocycles. The van der Waals surface area contributed by atoms with E-state index in [2.05, 4.69) is 35.5 Å². The minimum absolute atomic E-state index is 0.173. The van der Waals surface area contributed by atoms with E-state index in [9.17, 15) is 13.2 Å². The highest BCUT2D eigenvalue weighted by Crippen LogP contribution is 2.27. The van der Waals surface area contributed by atoms with Crippen LogP contribution in [0.5, 0.6) is 0 Å². The standard InChI is InChI=1S/C23H29N3O4S3/c1-4-30-12-11-26-19-14-16(2)17(3)15-20(19)32-23(26)24-22(27)18-7-9-25(10-8-18)33(28,29)21-6-5-13-31-21/h5-6,13-15,18H,4,7-12H2,1-3H3. The molecule has 10 heteroatoms. The maximum absolute atomic E-state index is 13.1. The molecule has 0 unspecified atom stereocenters. The number of carbonyl (C=O) groups is 1. The smallest absolute Gasteiger partial charge is 0.252 e. The van der Waals surface area contributed by atoms with Gasteiger partial charge >= 0.3 is 0 Å². The molecule has 3 aromatic rings. The maximum Gasteiger partial charge on any atom is 0.252 e. The minimum Gasteiger partial charge on any atom is -0.380 e. The minimum atomic E-state index is -3.48. The van der Waals surface area contributed by atoms with Gasteiger partial charge in [0.2, 0.25) is 0 Å². The number of thiophene rings is 1. The zero-order chi connectivity index (χ0) is 23.6. The topological polar surface area (TPSA) is 81.0 Å². The maximum atomic E-state index is 13.1. The number of hydrogen-bond donors (Lipinski definition) is 0. The van der Waals surface area contributed by atoms with Crippen LogP contribution >= 0.6 is 22.7 Å². The van der Waals surface area contributed by atoms with Crippen molar-refractivity contribution in [1.82, 2.24) is 8.87 Å². The molecule has 0 radical (unpaired) electrons. The van der Waals surface area contributed by atoms with Gasteiger partial charge in [0.15, 0.2) is 4.80 Å². The quantitative estimate of drug-likeness (QED) is 0.454. The number of amides is 1. The monoisotopic (exact) mass is 507 g/mol. The highest BCUT2D eigenvalue weighted by Gasteiger charge is 2.32. The Morgan fingerprint density at radius 1 is 1.21 bits per heavy atom. The van der Waals surface area contributed by atoms with E-state index in [1.165, 1.54) is 38.1 Å². The summed E-state index contributed by atoms with van der Waals surface area (Å²) >= 11 is 2.73. The Balaban J connectivity index is 1.56. The largest absolute Gasteiger partial charge is 0.380 e. The molecule has 1 aliphatic heterocycles. The molecule has 0 atom stereocenters. The first-order valence-electron chi connectivity index (χ1n) is 11.1. The number of thiazole rings is 1. The van der Waals surface area contributed by atoms with Crippen LogP contribution in [0.15, 0.2) is 38.8 Å². The van der Waals surface area contributed by atoms with Crippen LogP contribution in [0.2, 0.25) is 0 Å². The number of ether oxygens (including phenoxy) is 1. The summed E-state index contributed by atoms with van der Waals surface area (Å²) in [7, 11) is -3.48. The van der Waals surface area contributed by atoms with Crippen molar-refractivity contribution in [3.8, 4) is 0 Å². The first-order chi connectivity index (χ1) is 15.8. The lowest BCUT2D eigenvalue weighted by Crippen LogP contribution is -2.40. The molecule has 33 heavy (non-hydrogen) atoms. The van der Waals surface area contributed by atoms with E-state index < -0.39 is 10.0 Å². The average molecular weight is 508 g/mol. The van der Waals surface area contributed by atoms with Gasteiger partial charge < -0.3 is 9.30 Å².